The van der Waals surface area contributed by atoms with Crippen LogP contribution >= 0.6 is 11.6 Å². The van der Waals surface area contributed by atoms with Gasteiger partial charge in [-0.1, -0.05) is 20.4 Å². The second-order valence-electron chi connectivity index (χ2n) is 5.03. The predicted molar refractivity (Wildman–Crippen MR) is 61.4 cm³/mol. The second-order valence-corrected chi connectivity index (χ2v) is 5.56. The lowest BCUT2D eigenvalue weighted by molar-refractivity contribution is -0.139. The van der Waals surface area contributed by atoms with Gasteiger partial charge in [0.1, 0.15) is 5.38 Å². The molecule has 3 atom stereocenters. The zero-order valence-electron chi connectivity index (χ0n) is 10.0. The van der Waals surface area contributed by atoms with Gasteiger partial charge < -0.3 is 5.11 Å². The van der Waals surface area contributed by atoms with Gasteiger partial charge in [0, 0.05) is 12.3 Å². The van der Waals surface area contributed by atoms with Crippen molar-refractivity contribution in [3.05, 3.63) is 17.9 Å². The highest BCUT2D eigenvalue weighted by molar-refractivity contribution is 6.21. The Kier molecular flexibility index (Phi) is 3.89. The Labute approximate surface area is 108 Å². The summed E-state index contributed by atoms with van der Waals surface area (Å²) in [5, 5.41) is 6.95. The van der Waals surface area contributed by atoms with E-state index in [4.69, 9.17) is 16.7 Å². The van der Waals surface area contributed by atoms with Crippen LogP contribution in [0.5, 0.6) is 0 Å². The maximum atomic E-state index is 12.4. The van der Waals surface area contributed by atoms with E-state index in [2.05, 4.69) is 12.3 Å². The van der Waals surface area contributed by atoms with Gasteiger partial charge in [-0.25, -0.2) is 0 Å². The van der Waals surface area contributed by atoms with Crippen LogP contribution in [0.4, 0.5) is 13.2 Å². The fourth-order valence-corrected chi connectivity index (χ4v) is 2.53. The van der Waals surface area contributed by atoms with Crippen LogP contribution in [-0.2, 0) is 4.79 Å². The molecule has 1 N–H and O–H groups in total. The lowest BCUT2D eigenvalue weighted by atomic mass is 10.00. The topological polar surface area (TPSA) is 37.3 Å². The first-order chi connectivity index (χ1) is 8.03. The van der Waals surface area contributed by atoms with Crippen molar-refractivity contribution in [2.75, 3.05) is 0 Å². The van der Waals surface area contributed by atoms with E-state index in [1.807, 2.05) is 0 Å². The molecule has 0 aliphatic heterocycles. The zero-order valence-corrected chi connectivity index (χ0v) is 10.8. The number of allylic oxidation sites excluding steroid dienone is 1. The average Bonchev–Trinajstić information content (AvgIpc) is 2.76. The molecule has 1 aliphatic carbocycles. The van der Waals surface area contributed by atoms with Crippen molar-refractivity contribution in [3.63, 3.8) is 0 Å². The average molecular weight is 283 g/mol. The molecule has 0 radical (unpaired) electrons. The van der Waals surface area contributed by atoms with Crippen LogP contribution in [0.15, 0.2) is 17.9 Å². The summed E-state index contributed by atoms with van der Waals surface area (Å²) < 4.78 is 37.1. The Morgan fingerprint density at radius 2 is 2.00 bits per heavy atom. The quantitative estimate of drug-likeness (QED) is 0.632. The van der Waals surface area contributed by atoms with Crippen molar-refractivity contribution < 1.29 is 23.1 Å². The van der Waals surface area contributed by atoms with Gasteiger partial charge in [0.25, 0.3) is 0 Å². The molecule has 0 aromatic heterocycles. The molecule has 1 rings (SSSR count). The third-order valence-electron chi connectivity index (χ3n) is 3.45. The summed E-state index contributed by atoms with van der Waals surface area (Å²) in [6.07, 6.45) is -4.98. The van der Waals surface area contributed by atoms with Crippen LogP contribution in [0, 0.1) is 17.3 Å². The standard InChI is InChI=1S/C12H14ClF3O2/c1-4-6(5-7(13)12(14,15)16)8-9(10(17)18)11(8,2)3/h7-9H,1,5H2,2-3H3,(H,17,18). The number of alkyl halides is 4. The molecule has 1 fully saturated rings. The Bertz CT molecular complexity index is 408. The van der Waals surface area contributed by atoms with E-state index in [-0.39, 0.29) is 5.57 Å². The maximum absolute atomic E-state index is 12.4. The van der Waals surface area contributed by atoms with Crippen molar-refractivity contribution >= 4 is 17.6 Å². The van der Waals surface area contributed by atoms with Crippen molar-refractivity contribution in [1.29, 1.82) is 0 Å². The zero-order chi connectivity index (χ0) is 14.3. The van der Waals surface area contributed by atoms with Gasteiger partial charge in [-0.2, -0.15) is 13.2 Å². The molecule has 102 valence electrons. The number of rotatable bonds is 4. The normalized spacial score (nSPS) is 27.2. The minimum atomic E-state index is -4.51. The monoisotopic (exact) mass is 282 g/mol. The summed E-state index contributed by atoms with van der Waals surface area (Å²) in [6.45, 7) is 6.73. The fourth-order valence-electron chi connectivity index (χ4n) is 2.37. The minimum absolute atomic E-state index is 0.240. The third kappa shape index (κ3) is 2.73. The van der Waals surface area contributed by atoms with Crippen molar-refractivity contribution in [2.24, 2.45) is 17.3 Å². The molecule has 0 aromatic carbocycles. The van der Waals surface area contributed by atoms with E-state index < -0.39 is 41.2 Å². The van der Waals surface area contributed by atoms with E-state index in [0.29, 0.717) is 0 Å². The summed E-state index contributed by atoms with van der Waals surface area (Å²) in [4.78, 5) is 11.0. The summed E-state index contributed by atoms with van der Waals surface area (Å²) in [6, 6.07) is 0. The lowest BCUT2D eigenvalue weighted by Crippen LogP contribution is -2.24. The highest BCUT2D eigenvalue weighted by Crippen LogP contribution is 2.62. The molecule has 0 heterocycles. The van der Waals surface area contributed by atoms with Gasteiger partial charge in [0.15, 0.2) is 0 Å². The van der Waals surface area contributed by atoms with E-state index >= 15 is 0 Å². The summed E-state index contributed by atoms with van der Waals surface area (Å²) in [7, 11) is 0. The van der Waals surface area contributed by atoms with Gasteiger partial charge in [0.05, 0.1) is 5.92 Å². The van der Waals surface area contributed by atoms with E-state index in [1.165, 1.54) is 0 Å². The van der Waals surface area contributed by atoms with E-state index in [1.54, 1.807) is 13.8 Å². The Morgan fingerprint density at radius 3 is 2.28 bits per heavy atom. The molecule has 6 heteroatoms. The van der Waals surface area contributed by atoms with E-state index in [9.17, 15) is 18.0 Å². The van der Waals surface area contributed by atoms with E-state index in [0.717, 1.165) is 0 Å². The molecule has 3 unspecified atom stereocenters. The minimum Gasteiger partial charge on any atom is -0.481 e. The number of hydrogen-bond acceptors (Lipinski definition) is 1. The van der Waals surface area contributed by atoms with Crippen LogP contribution in [0.25, 0.3) is 0 Å². The predicted octanol–water partition coefficient (Wildman–Crippen LogP) is 3.61. The molecule has 0 saturated heterocycles. The maximum Gasteiger partial charge on any atom is 0.405 e. The molecule has 0 bridgehead atoms. The lowest BCUT2D eigenvalue weighted by Gasteiger charge is -2.15. The first-order valence-corrected chi connectivity index (χ1v) is 5.79. The van der Waals surface area contributed by atoms with Crippen LogP contribution in [0.2, 0.25) is 0 Å². The highest BCUT2D eigenvalue weighted by atomic mass is 35.5. The van der Waals surface area contributed by atoms with Gasteiger partial charge in [0.2, 0.25) is 0 Å². The second kappa shape index (κ2) is 4.63. The number of carboxylic acid groups (broad SMARTS) is 1. The molecule has 0 spiro atoms. The van der Waals surface area contributed by atoms with Crippen LogP contribution in [-0.4, -0.2) is 22.6 Å². The molecular weight excluding hydrogens is 269 g/mol. The first kappa shape index (κ1) is 15.1. The molecular formula is C12H14ClF3O2. The highest BCUT2D eigenvalue weighted by Gasteiger charge is 2.63. The smallest absolute Gasteiger partial charge is 0.405 e. The molecule has 0 amide bonds. The van der Waals surface area contributed by atoms with Gasteiger partial charge in [-0.15, -0.1) is 17.3 Å². The number of halogens is 4. The van der Waals surface area contributed by atoms with Gasteiger partial charge in [-0.3, -0.25) is 4.79 Å². The molecule has 18 heavy (non-hydrogen) atoms. The Hall–Kier alpha value is -0.930. The molecule has 1 aliphatic rings. The van der Waals surface area contributed by atoms with Crippen LogP contribution in [0.1, 0.15) is 20.3 Å². The number of carboxylic acids is 1. The summed E-state index contributed by atoms with van der Waals surface area (Å²) in [5.74, 6) is -2.19. The van der Waals surface area contributed by atoms with Crippen molar-refractivity contribution in [3.8, 4) is 0 Å². The first-order valence-electron chi connectivity index (χ1n) is 5.35. The third-order valence-corrected chi connectivity index (χ3v) is 3.85. The van der Waals surface area contributed by atoms with Gasteiger partial charge in [-0.05, 0) is 11.0 Å². The summed E-state index contributed by atoms with van der Waals surface area (Å²) in [5.41, 5.74) is 2.09. The summed E-state index contributed by atoms with van der Waals surface area (Å²) >= 11 is 5.26. The van der Waals surface area contributed by atoms with Crippen LogP contribution in [0.3, 0.4) is 0 Å². The Balaban J connectivity index is 2.84. The molecule has 1 saturated carbocycles. The van der Waals surface area contributed by atoms with Crippen LogP contribution < -0.4 is 0 Å². The molecule has 2 nitrogen and oxygen atoms in total. The number of aliphatic carboxylic acids is 1. The van der Waals surface area contributed by atoms with Crippen molar-refractivity contribution in [2.45, 2.75) is 31.8 Å². The fraction of sp³-hybridized carbons (Fsp3) is 0.667. The SMILES string of the molecule is C=C=C(CC(Cl)C(F)(F)F)C1C(C(=O)O)C1(C)C. The largest absolute Gasteiger partial charge is 0.481 e. The van der Waals surface area contributed by atoms with Crippen molar-refractivity contribution in [1.82, 2.24) is 0 Å². The Morgan fingerprint density at radius 1 is 1.50 bits per heavy atom. The van der Waals surface area contributed by atoms with Gasteiger partial charge >= 0.3 is 12.1 Å². The number of carbonyl (C=O) groups is 1. The number of hydrogen-bond donors (Lipinski definition) is 1. The molecule has 0 aromatic rings.